The van der Waals surface area contributed by atoms with Gasteiger partial charge in [0.2, 0.25) is 0 Å². The maximum Gasteiger partial charge on any atom is 0.317 e. The molecule has 1 N–H and O–H groups in total. The predicted octanol–water partition coefficient (Wildman–Crippen LogP) is 2.24. The molecule has 3 atom stereocenters. The molecule has 18 heavy (non-hydrogen) atoms. The zero-order chi connectivity index (χ0) is 13.9. The van der Waals surface area contributed by atoms with Gasteiger partial charge < -0.3 is 9.47 Å². The molecule has 0 aromatic carbocycles. The third kappa shape index (κ3) is 3.82. The smallest absolute Gasteiger partial charge is 0.317 e. The van der Waals surface area contributed by atoms with E-state index in [-0.39, 0.29) is 23.8 Å². The Morgan fingerprint density at radius 1 is 1.61 bits per heavy atom. The van der Waals surface area contributed by atoms with Crippen molar-refractivity contribution >= 4 is 5.97 Å². The topological polar surface area (TPSA) is 47.6 Å². The Bertz CT molecular complexity index is 325. The quantitative estimate of drug-likeness (QED) is 0.618. The van der Waals surface area contributed by atoms with Crippen molar-refractivity contribution in [2.75, 3.05) is 6.61 Å². The molecule has 0 aromatic heterocycles. The number of rotatable bonds is 4. The second-order valence-corrected chi connectivity index (χ2v) is 5.68. The normalized spacial score (nSPS) is 28.5. The van der Waals surface area contributed by atoms with Crippen LogP contribution in [0.4, 0.5) is 0 Å². The van der Waals surface area contributed by atoms with E-state index in [0.717, 1.165) is 12.0 Å². The van der Waals surface area contributed by atoms with Gasteiger partial charge in [-0.25, -0.2) is 0 Å². The molecular weight excluding hydrogens is 230 g/mol. The number of nitrogens with one attached hydrogen (secondary N) is 1. The zero-order valence-corrected chi connectivity index (χ0v) is 12.1. The summed E-state index contributed by atoms with van der Waals surface area (Å²) >= 11 is 0. The Morgan fingerprint density at radius 3 is 2.67 bits per heavy atom. The summed E-state index contributed by atoms with van der Waals surface area (Å²) < 4.78 is 10.9. The highest BCUT2D eigenvalue weighted by Gasteiger charge is 2.39. The molecule has 3 unspecified atom stereocenters. The molecule has 0 spiro atoms. The molecular formula is C14H25NO3. The minimum atomic E-state index is -0.452. The Balaban J connectivity index is 2.85. The first-order valence-corrected chi connectivity index (χ1v) is 6.52. The lowest BCUT2D eigenvalue weighted by molar-refractivity contribution is -0.161. The summed E-state index contributed by atoms with van der Waals surface area (Å²) in [5.41, 5.74) is 0.707. The van der Waals surface area contributed by atoms with Gasteiger partial charge in [0.25, 0.3) is 0 Å². The molecule has 0 bridgehead atoms. The summed E-state index contributed by atoms with van der Waals surface area (Å²) in [6.45, 7) is 14.1. The fourth-order valence-corrected chi connectivity index (χ4v) is 2.47. The fourth-order valence-electron chi connectivity index (χ4n) is 2.47. The van der Waals surface area contributed by atoms with Crippen LogP contribution < -0.4 is 5.32 Å². The Labute approximate surface area is 110 Å². The highest BCUT2D eigenvalue weighted by molar-refractivity contribution is 5.76. The third-order valence-corrected chi connectivity index (χ3v) is 3.08. The average molecular weight is 255 g/mol. The Hall–Kier alpha value is -0.870. The van der Waals surface area contributed by atoms with Crippen molar-refractivity contribution in [3.05, 3.63) is 12.2 Å². The first-order valence-electron chi connectivity index (χ1n) is 6.52. The third-order valence-electron chi connectivity index (χ3n) is 3.08. The van der Waals surface area contributed by atoms with Crippen LogP contribution in [0.5, 0.6) is 0 Å². The standard InChI is InChI=1S/C14H25NO3/c1-7-17-13(16)11(9(2)3)12-15-14(5,6)8-10(4)18-12/h10-12,15H,2,7-8H2,1,3-6H3. The number of hydrogen-bond donors (Lipinski definition) is 1. The summed E-state index contributed by atoms with van der Waals surface area (Å²) in [4.78, 5) is 12.0. The van der Waals surface area contributed by atoms with Crippen molar-refractivity contribution < 1.29 is 14.3 Å². The number of carbonyl (C=O) groups is 1. The van der Waals surface area contributed by atoms with Crippen LogP contribution in [-0.4, -0.2) is 30.4 Å². The Morgan fingerprint density at radius 2 is 2.22 bits per heavy atom. The van der Waals surface area contributed by atoms with Crippen LogP contribution in [0.1, 0.15) is 41.0 Å². The molecule has 1 rings (SSSR count). The van der Waals surface area contributed by atoms with E-state index < -0.39 is 5.92 Å². The van der Waals surface area contributed by atoms with Crippen LogP contribution >= 0.6 is 0 Å². The summed E-state index contributed by atoms with van der Waals surface area (Å²) in [5.74, 6) is -0.723. The highest BCUT2D eigenvalue weighted by atomic mass is 16.5. The first-order chi connectivity index (χ1) is 8.26. The largest absolute Gasteiger partial charge is 0.465 e. The maximum atomic E-state index is 12.0. The average Bonchev–Trinajstić information content (AvgIpc) is 2.13. The van der Waals surface area contributed by atoms with Crippen molar-refractivity contribution in [1.82, 2.24) is 5.32 Å². The van der Waals surface area contributed by atoms with Gasteiger partial charge in [-0.15, -0.1) is 0 Å². The molecule has 104 valence electrons. The van der Waals surface area contributed by atoms with Gasteiger partial charge in [0.1, 0.15) is 12.1 Å². The van der Waals surface area contributed by atoms with Gasteiger partial charge >= 0.3 is 5.97 Å². The van der Waals surface area contributed by atoms with Gasteiger partial charge in [-0.1, -0.05) is 12.2 Å². The summed E-state index contributed by atoms with van der Waals surface area (Å²) in [6, 6.07) is 0. The lowest BCUT2D eigenvalue weighted by Gasteiger charge is -2.43. The van der Waals surface area contributed by atoms with Crippen LogP contribution in [0.25, 0.3) is 0 Å². The predicted molar refractivity (Wildman–Crippen MR) is 71.1 cm³/mol. The van der Waals surface area contributed by atoms with Crippen LogP contribution in [0, 0.1) is 5.92 Å². The van der Waals surface area contributed by atoms with E-state index in [4.69, 9.17) is 9.47 Å². The van der Waals surface area contributed by atoms with E-state index in [1.54, 1.807) is 6.92 Å². The highest BCUT2D eigenvalue weighted by Crippen LogP contribution is 2.27. The number of hydrogen-bond acceptors (Lipinski definition) is 4. The van der Waals surface area contributed by atoms with Gasteiger partial charge in [0.15, 0.2) is 0 Å². The Kier molecular flexibility index (Phi) is 4.93. The zero-order valence-electron chi connectivity index (χ0n) is 12.1. The SMILES string of the molecule is C=C(C)C(C(=O)OCC)C1NC(C)(C)CC(C)O1. The maximum absolute atomic E-state index is 12.0. The summed E-state index contributed by atoms with van der Waals surface area (Å²) in [5, 5.41) is 3.36. The molecule has 1 aliphatic rings. The molecule has 1 heterocycles. The van der Waals surface area contributed by atoms with Crippen LogP contribution in [0.15, 0.2) is 12.2 Å². The minimum absolute atomic E-state index is 0.0530. The number of carbonyl (C=O) groups excluding carboxylic acids is 1. The number of esters is 1. The molecule has 0 saturated carbocycles. The molecule has 0 aliphatic carbocycles. The minimum Gasteiger partial charge on any atom is -0.465 e. The second kappa shape index (κ2) is 5.85. The summed E-state index contributed by atoms with van der Waals surface area (Å²) in [6.07, 6.45) is 0.665. The van der Waals surface area contributed by atoms with Crippen molar-refractivity contribution in [1.29, 1.82) is 0 Å². The molecule has 0 radical (unpaired) electrons. The van der Waals surface area contributed by atoms with Crippen molar-refractivity contribution in [2.45, 2.75) is 58.9 Å². The molecule has 0 aromatic rings. The van der Waals surface area contributed by atoms with E-state index in [1.807, 2.05) is 13.8 Å². The summed E-state index contributed by atoms with van der Waals surface area (Å²) in [7, 11) is 0. The van der Waals surface area contributed by atoms with E-state index >= 15 is 0 Å². The van der Waals surface area contributed by atoms with Gasteiger partial charge in [-0.2, -0.15) is 0 Å². The second-order valence-electron chi connectivity index (χ2n) is 5.68. The lowest BCUT2D eigenvalue weighted by Crippen LogP contribution is -2.58. The molecule has 4 nitrogen and oxygen atoms in total. The van der Waals surface area contributed by atoms with E-state index in [9.17, 15) is 4.79 Å². The van der Waals surface area contributed by atoms with Crippen LogP contribution in [0.3, 0.4) is 0 Å². The first kappa shape index (κ1) is 15.2. The van der Waals surface area contributed by atoms with Gasteiger partial charge in [0, 0.05) is 5.54 Å². The van der Waals surface area contributed by atoms with Crippen molar-refractivity contribution in [3.8, 4) is 0 Å². The van der Waals surface area contributed by atoms with Crippen LogP contribution in [-0.2, 0) is 14.3 Å². The van der Waals surface area contributed by atoms with Crippen molar-refractivity contribution in [2.24, 2.45) is 5.92 Å². The van der Waals surface area contributed by atoms with Gasteiger partial charge in [0.05, 0.1) is 12.7 Å². The number of ether oxygens (including phenoxy) is 2. The van der Waals surface area contributed by atoms with Crippen LogP contribution in [0.2, 0.25) is 0 Å². The van der Waals surface area contributed by atoms with E-state index in [0.29, 0.717) is 6.61 Å². The molecule has 1 fully saturated rings. The monoisotopic (exact) mass is 255 g/mol. The van der Waals surface area contributed by atoms with E-state index in [1.165, 1.54) is 0 Å². The fraction of sp³-hybridized carbons (Fsp3) is 0.786. The van der Waals surface area contributed by atoms with Crippen molar-refractivity contribution in [3.63, 3.8) is 0 Å². The molecule has 4 heteroatoms. The van der Waals surface area contributed by atoms with E-state index in [2.05, 4.69) is 25.7 Å². The van der Waals surface area contributed by atoms with Gasteiger partial charge in [-0.3, -0.25) is 10.1 Å². The molecule has 1 saturated heterocycles. The van der Waals surface area contributed by atoms with Gasteiger partial charge in [-0.05, 0) is 41.0 Å². The lowest BCUT2D eigenvalue weighted by atomic mass is 9.91. The molecule has 0 amide bonds. The molecule has 1 aliphatic heterocycles.